The van der Waals surface area contributed by atoms with Crippen molar-refractivity contribution < 1.29 is 102 Å². The van der Waals surface area contributed by atoms with Crippen LogP contribution in [0.1, 0.15) is 56.2 Å². The number of benzene rings is 4. The van der Waals surface area contributed by atoms with Crippen molar-refractivity contribution in [3.8, 4) is 22.3 Å². The van der Waals surface area contributed by atoms with Crippen molar-refractivity contribution in [2.75, 3.05) is 0 Å². The minimum absolute atomic E-state index is 0. The summed E-state index contributed by atoms with van der Waals surface area (Å²) >= 11 is 3.20. The third kappa shape index (κ3) is 6.85. The maximum atomic E-state index is 2.41. The smallest absolute Gasteiger partial charge is 0 e. The Bertz CT molecular complexity index is 1310. The summed E-state index contributed by atoms with van der Waals surface area (Å²) in [7, 11) is 0. The number of fused-ring (bicyclic) bond motifs is 2. The first kappa shape index (κ1) is 32.4. The molecular weight excluding hydrogens is 773 g/mol. The van der Waals surface area contributed by atoms with E-state index in [4.69, 9.17) is 0 Å². The first-order valence-corrected chi connectivity index (χ1v) is 15.7. The van der Waals surface area contributed by atoms with Gasteiger partial charge < -0.3 is 0 Å². The van der Waals surface area contributed by atoms with E-state index in [9.17, 15) is 0 Å². The van der Waals surface area contributed by atoms with E-state index in [1.54, 1.807) is 60.6 Å². The quantitative estimate of drug-likeness (QED) is 0.193. The zero-order valence-electron chi connectivity index (χ0n) is 22.0. The second kappa shape index (κ2) is 15.2. The molecule has 0 radical (unpaired) electrons. The molecule has 2 atom stereocenters. The number of allylic oxidation sites excluding steroid dienone is 2. The van der Waals surface area contributed by atoms with E-state index < -0.39 is 0 Å². The molecule has 6 rings (SSSR count). The SMILES string of the molecule is CCC1=Cc2c(-c3ccccc3)cccc2[CH]1[Zr].CCC1=Cc2c(-c3ccccc3)cccc2[CH]1[Zr].[Zr].[Zr]. The van der Waals surface area contributed by atoms with Crippen LogP contribution in [-0.2, 0) is 102 Å². The minimum Gasteiger partial charge on any atom is 0 e. The van der Waals surface area contributed by atoms with Crippen LogP contribution in [0, 0.1) is 0 Å². The summed E-state index contributed by atoms with van der Waals surface area (Å²) in [5, 5.41) is 0. The largest absolute Gasteiger partial charge is 0 e. The second-order valence-corrected chi connectivity index (χ2v) is 12.2. The van der Waals surface area contributed by atoms with Gasteiger partial charge in [0.25, 0.3) is 0 Å². The van der Waals surface area contributed by atoms with E-state index in [1.165, 1.54) is 57.3 Å². The summed E-state index contributed by atoms with van der Waals surface area (Å²) in [5.74, 6) is 0. The molecule has 2 unspecified atom stereocenters. The molecule has 0 saturated heterocycles. The topological polar surface area (TPSA) is 0 Å². The summed E-state index contributed by atoms with van der Waals surface area (Å²) in [6, 6.07) is 34.9. The van der Waals surface area contributed by atoms with Gasteiger partial charge >= 0.3 is 248 Å². The third-order valence-corrected chi connectivity index (χ3v) is 10.6. The van der Waals surface area contributed by atoms with E-state index in [0.717, 1.165) is 0 Å². The fraction of sp³-hybridized carbons (Fsp3) is 0.176. The normalized spacial score (nSPS) is 16.4. The van der Waals surface area contributed by atoms with Gasteiger partial charge in [-0.25, -0.2) is 0 Å². The standard InChI is InChI=1S/2C17H15.4Zr/c2*1-2-13-11-15-9-6-10-16(17(15)12-13)14-7-4-3-5-8-14;;;;/h2*3-12H,2H2,1H3;;;;. The Hall–Kier alpha value is -0.108. The van der Waals surface area contributed by atoms with Gasteiger partial charge in [0.05, 0.1) is 0 Å². The van der Waals surface area contributed by atoms with E-state index in [0.29, 0.717) is 7.25 Å². The molecule has 4 aromatic carbocycles. The Morgan fingerprint density at radius 2 is 0.868 bits per heavy atom. The molecule has 0 bridgehead atoms. The van der Waals surface area contributed by atoms with Crippen molar-refractivity contribution in [1.29, 1.82) is 0 Å². The zero-order chi connectivity index (χ0) is 25.1. The molecule has 2 aliphatic rings. The van der Waals surface area contributed by atoms with Crippen molar-refractivity contribution in [2.45, 2.75) is 33.9 Å². The van der Waals surface area contributed by atoms with Crippen LogP contribution in [0.2, 0.25) is 0 Å². The molecule has 4 aromatic rings. The Morgan fingerprint density at radius 1 is 0.500 bits per heavy atom. The molecule has 0 aromatic heterocycles. The van der Waals surface area contributed by atoms with E-state index in [-0.39, 0.29) is 52.4 Å². The van der Waals surface area contributed by atoms with Gasteiger partial charge in [-0.15, -0.1) is 0 Å². The molecule has 0 nitrogen and oxygen atoms in total. The van der Waals surface area contributed by atoms with Crippen molar-refractivity contribution in [1.82, 2.24) is 0 Å². The van der Waals surface area contributed by atoms with Gasteiger partial charge in [-0.1, -0.05) is 0 Å². The molecule has 0 saturated carbocycles. The molecule has 182 valence electrons. The summed E-state index contributed by atoms with van der Waals surface area (Å²) in [5.41, 5.74) is 14.5. The maximum absolute atomic E-state index is 2.41. The Morgan fingerprint density at radius 3 is 1.21 bits per heavy atom. The molecular formula is C34H30Zr4. The molecule has 0 amide bonds. The second-order valence-electron chi connectivity index (χ2n) is 9.36. The molecule has 2 aliphatic carbocycles. The predicted octanol–water partition coefficient (Wildman–Crippen LogP) is 9.49. The summed E-state index contributed by atoms with van der Waals surface area (Å²) < 4.78 is 1.33. The Balaban J connectivity index is 0.000000200. The molecule has 4 heteroatoms. The first-order chi connectivity index (χ1) is 17.6. The predicted molar refractivity (Wildman–Crippen MR) is 146 cm³/mol. The van der Waals surface area contributed by atoms with Crippen LogP contribution in [-0.4, -0.2) is 0 Å². The van der Waals surface area contributed by atoms with Crippen molar-refractivity contribution in [3.05, 3.63) is 130 Å². The average Bonchev–Trinajstić information content (AvgIpc) is 3.46. The Labute approximate surface area is 296 Å². The van der Waals surface area contributed by atoms with Crippen molar-refractivity contribution >= 4 is 12.2 Å². The van der Waals surface area contributed by atoms with Crippen LogP contribution in [0.25, 0.3) is 34.4 Å². The summed E-state index contributed by atoms with van der Waals surface area (Å²) in [6.07, 6.45) is 7.16. The van der Waals surface area contributed by atoms with Gasteiger partial charge in [0.1, 0.15) is 0 Å². The number of hydrogen-bond donors (Lipinski definition) is 0. The monoisotopic (exact) mass is 798 g/mol. The maximum Gasteiger partial charge on any atom is 0 e. The fourth-order valence-electron chi connectivity index (χ4n) is 5.28. The average molecular weight is 804 g/mol. The first-order valence-electron chi connectivity index (χ1n) is 12.8. The molecule has 0 fully saturated rings. The van der Waals surface area contributed by atoms with Gasteiger partial charge in [-0.05, 0) is 0 Å². The van der Waals surface area contributed by atoms with Crippen LogP contribution in [0.5, 0.6) is 0 Å². The van der Waals surface area contributed by atoms with Gasteiger partial charge in [0.2, 0.25) is 0 Å². The third-order valence-electron chi connectivity index (χ3n) is 7.29. The summed E-state index contributed by atoms with van der Waals surface area (Å²) in [6.45, 7) is 4.52. The zero-order valence-corrected chi connectivity index (χ0v) is 31.8. The van der Waals surface area contributed by atoms with Gasteiger partial charge in [-0.3, -0.25) is 0 Å². The summed E-state index contributed by atoms with van der Waals surface area (Å²) in [4.78, 5) is 0. The fourth-order valence-corrected chi connectivity index (χ4v) is 7.93. The number of rotatable bonds is 4. The van der Waals surface area contributed by atoms with Crippen LogP contribution in [0.3, 0.4) is 0 Å². The van der Waals surface area contributed by atoms with Crippen LogP contribution >= 0.6 is 0 Å². The van der Waals surface area contributed by atoms with Crippen LogP contribution < -0.4 is 0 Å². The molecule has 38 heavy (non-hydrogen) atoms. The van der Waals surface area contributed by atoms with Gasteiger partial charge in [-0.2, -0.15) is 0 Å². The van der Waals surface area contributed by atoms with Crippen molar-refractivity contribution in [3.63, 3.8) is 0 Å². The van der Waals surface area contributed by atoms with E-state index in [1.807, 2.05) is 0 Å². The molecule has 0 spiro atoms. The molecule has 0 aliphatic heterocycles. The van der Waals surface area contributed by atoms with Gasteiger partial charge in [0.15, 0.2) is 0 Å². The van der Waals surface area contributed by atoms with Crippen molar-refractivity contribution in [2.24, 2.45) is 0 Å². The van der Waals surface area contributed by atoms with Gasteiger partial charge in [0, 0.05) is 52.4 Å². The molecule has 0 N–H and O–H groups in total. The Kier molecular flexibility index (Phi) is 13.0. The van der Waals surface area contributed by atoms with Crippen LogP contribution in [0.4, 0.5) is 0 Å². The number of hydrogen-bond acceptors (Lipinski definition) is 0. The van der Waals surface area contributed by atoms with Crippen LogP contribution in [0.15, 0.2) is 108 Å². The minimum atomic E-state index is 0. The molecule has 0 heterocycles. The van der Waals surface area contributed by atoms with E-state index >= 15 is 0 Å². The van der Waals surface area contributed by atoms with E-state index in [2.05, 4.69) is 123 Å².